The maximum Gasteiger partial charge on any atom is 0.171 e. The van der Waals surface area contributed by atoms with Crippen LogP contribution >= 0.6 is 14.3 Å². The van der Waals surface area contributed by atoms with Crippen molar-refractivity contribution in [1.29, 1.82) is 0 Å². The van der Waals surface area contributed by atoms with Crippen LogP contribution in [-0.2, 0) is 9.13 Å². The molecule has 0 aliphatic rings. The van der Waals surface area contributed by atoms with Crippen molar-refractivity contribution in [2.75, 3.05) is 14.2 Å². The predicted octanol–water partition coefficient (Wildman–Crippen LogP) is 20.4. The van der Waals surface area contributed by atoms with Crippen LogP contribution in [0.3, 0.4) is 0 Å². The second-order valence-corrected chi connectivity index (χ2v) is 78.3. The van der Waals surface area contributed by atoms with Gasteiger partial charge in [-0.3, -0.25) is 0 Å². The van der Waals surface area contributed by atoms with E-state index in [2.05, 4.69) is 275 Å². The van der Waals surface area contributed by atoms with Crippen molar-refractivity contribution < 1.29 is 18.6 Å². The topological polar surface area (TPSA) is 52.6 Å². The van der Waals surface area contributed by atoms with Crippen LogP contribution in [0, 0.1) is 0 Å². The fourth-order valence-electron chi connectivity index (χ4n) is 19.8. The zero-order chi connectivity index (χ0) is 74.5. The molecule has 0 unspecified atom stereocenters. The summed E-state index contributed by atoms with van der Waals surface area (Å²) in [5.74, 6) is 1.27. The molecule has 0 bridgehead atoms. The molecule has 0 spiro atoms. The maximum atomic E-state index is 19.9. The van der Waals surface area contributed by atoms with Gasteiger partial charge in [-0.1, -0.05) is 438 Å². The van der Waals surface area contributed by atoms with E-state index in [1.54, 1.807) is 0 Å². The van der Waals surface area contributed by atoms with Gasteiger partial charge in [-0.15, -0.1) is 0 Å². The average molecular weight is 1530 g/mol. The van der Waals surface area contributed by atoms with Crippen molar-refractivity contribution in [3.8, 4) is 22.6 Å². The van der Waals surface area contributed by atoms with Gasteiger partial charge in [0.25, 0.3) is 0 Å². The normalized spacial score (nSPS) is 13.3. The van der Waals surface area contributed by atoms with Gasteiger partial charge in [0.2, 0.25) is 0 Å². The van der Waals surface area contributed by atoms with E-state index in [4.69, 9.17) is 9.47 Å². The summed E-state index contributed by atoms with van der Waals surface area (Å²) in [6, 6.07) is 71.2. The van der Waals surface area contributed by atoms with E-state index in [1.165, 1.54) is 41.5 Å². The Labute approximate surface area is 623 Å². The SMILES string of the molecule is CC[Si](CC)(CC)c1cc([Si](CC)(CC)CC)cc(P(=O)(c2cc([Si](CC)(CC)CC)cc([Si](CC)(CC)CC)c2)c2cccc(OC)c2-c2c(OC)cccc2P(=O)(c2cc([Si](CC)(CC)CC)cc([Si](CC)(CC)CC)c2)c2cc([Si](CC)(CC)CC)cc([Si](CC)(CC)CC)c2)c1. The Balaban J connectivity index is 2.16. The van der Waals surface area contributed by atoms with E-state index in [9.17, 15) is 0 Å². The van der Waals surface area contributed by atoms with Crippen LogP contribution in [-0.4, -0.2) is 78.8 Å². The Kier molecular flexibility index (Phi) is 31.1. The summed E-state index contributed by atoms with van der Waals surface area (Å²) >= 11 is 0. The number of hydrogen-bond acceptors (Lipinski definition) is 4. The highest BCUT2D eigenvalue weighted by Gasteiger charge is 2.47. The third-order valence-electron chi connectivity index (χ3n) is 29.6. The minimum atomic E-state index is -4.06. The lowest BCUT2D eigenvalue weighted by Gasteiger charge is -2.37. The molecule has 100 heavy (non-hydrogen) atoms. The first-order valence-electron chi connectivity index (χ1n) is 41.1. The van der Waals surface area contributed by atoms with Gasteiger partial charge in [0.15, 0.2) is 14.3 Å². The molecule has 0 fully saturated rings. The zero-order valence-electron chi connectivity index (χ0n) is 68.9. The molecule has 0 heterocycles. The first kappa shape index (κ1) is 86.0. The van der Waals surface area contributed by atoms with Crippen LogP contribution < -0.4 is 82.8 Å². The molecule has 6 aromatic rings. The van der Waals surface area contributed by atoms with E-state index in [0.717, 1.165) is 188 Å². The Bertz CT molecular complexity index is 3110. The molecule has 554 valence electrons. The number of rotatable bonds is 41. The number of hydrogen-bond donors (Lipinski definition) is 0. The molecular weight excluding hydrogens is 1380 g/mol. The third kappa shape index (κ3) is 15.0. The highest BCUT2D eigenvalue weighted by Crippen LogP contribution is 2.53. The number of benzene rings is 6. The summed E-state index contributed by atoms with van der Waals surface area (Å²) in [7, 11) is -21.7. The summed E-state index contributed by atoms with van der Waals surface area (Å²) in [6.45, 7) is 58.8. The highest BCUT2D eigenvalue weighted by atomic mass is 31.2. The van der Waals surface area contributed by atoms with E-state index in [1.807, 2.05) is 14.2 Å². The van der Waals surface area contributed by atoms with Gasteiger partial charge < -0.3 is 18.6 Å². The molecule has 0 N–H and O–H groups in total. The Hall–Kier alpha value is -2.88. The minimum absolute atomic E-state index is 0.636. The van der Waals surface area contributed by atoms with Gasteiger partial charge in [-0.25, -0.2) is 0 Å². The Morgan fingerprint density at radius 2 is 0.370 bits per heavy atom. The first-order chi connectivity index (χ1) is 47.8. The average Bonchev–Trinajstić information content (AvgIpc) is 0.712. The van der Waals surface area contributed by atoms with Crippen molar-refractivity contribution in [3.05, 3.63) is 109 Å². The van der Waals surface area contributed by atoms with E-state index in [0.29, 0.717) is 11.5 Å². The van der Waals surface area contributed by atoms with Crippen molar-refractivity contribution >= 4 is 152 Å². The Morgan fingerprint density at radius 1 is 0.230 bits per heavy atom. The molecule has 0 saturated carbocycles. The molecule has 0 radical (unpaired) electrons. The third-order valence-corrected chi connectivity index (χ3v) is 80.3. The molecule has 0 aliphatic heterocycles. The van der Waals surface area contributed by atoms with Crippen LogP contribution in [0.5, 0.6) is 11.5 Å². The molecular formula is C86H144O4P2Si8. The summed E-state index contributed by atoms with van der Waals surface area (Å²) in [5.41, 5.74) is 1.52. The van der Waals surface area contributed by atoms with Gasteiger partial charge in [0.05, 0.1) is 78.8 Å². The maximum absolute atomic E-state index is 19.9. The van der Waals surface area contributed by atoms with Gasteiger partial charge in [0, 0.05) is 43.0 Å². The number of ether oxygens (including phenoxy) is 2. The largest absolute Gasteiger partial charge is 0.496 e. The molecule has 0 aliphatic carbocycles. The van der Waals surface area contributed by atoms with Crippen molar-refractivity contribution in [2.24, 2.45) is 0 Å². The minimum Gasteiger partial charge on any atom is -0.496 e. The van der Waals surface area contributed by atoms with Crippen molar-refractivity contribution in [3.63, 3.8) is 0 Å². The lowest BCUT2D eigenvalue weighted by atomic mass is 10.0. The second kappa shape index (κ2) is 36.1. The van der Waals surface area contributed by atoms with Crippen molar-refractivity contribution in [2.45, 2.75) is 311 Å². The molecule has 14 heteroatoms. The van der Waals surface area contributed by atoms with Crippen LogP contribution in [0.1, 0.15) is 166 Å². The lowest BCUT2D eigenvalue weighted by Crippen LogP contribution is -2.55. The highest BCUT2D eigenvalue weighted by molar-refractivity contribution is 7.86. The lowest BCUT2D eigenvalue weighted by molar-refractivity contribution is 0.411. The van der Waals surface area contributed by atoms with Gasteiger partial charge in [0.1, 0.15) is 11.5 Å². The molecule has 0 atom stereocenters. The zero-order valence-corrected chi connectivity index (χ0v) is 78.7. The summed E-state index contributed by atoms with van der Waals surface area (Å²) in [5, 5.41) is 17.2. The second-order valence-electron chi connectivity index (χ2n) is 30.7. The molecule has 6 rings (SSSR count). The van der Waals surface area contributed by atoms with Gasteiger partial charge >= 0.3 is 0 Å². The molecule has 0 amide bonds. The van der Waals surface area contributed by atoms with Crippen LogP contribution in [0.2, 0.25) is 145 Å². The quantitative estimate of drug-likeness (QED) is 0.0284. The first-order valence-corrected chi connectivity index (χ1v) is 65.4. The van der Waals surface area contributed by atoms with Crippen LogP contribution in [0.15, 0.2) is 109 Å². The summed E-state index contributed by atoms with van der Waals surface area (Å²) < 4.78 is 53.8. The van der Waals surface area contributed by atoms with Gasteiger partial charge in [-0.2, -0.15) is 0 Å². The fourth-order valence-corrected chi connectivity index (χ4v) is 56.5. The van der Waals surface area contributed by atoms with E-state index >= 15 is 9.13 Å². The number of methoxy groups -OCH3 is 2. The fraction of sp³-hybridized carbons (Fsp3) is 0.581. The molecule has 0 aromatic heterocycles. The van der Waals surface area contributed by atoms with Crippen LogP contribution in [0.4, 0.5) is 0 Å². The smallest absolute Gasteiger partial charge is 0.171 e. The monoisotopic (exact) mass is 1530 g/mol. The van der Waals surface area contributed by atoms with E-state index < -0.39 is 78.9 Å². The van der Waals surface area contributed by atoms with Crippen LogP contribution in [0.25, 0.3) is 11.1 Å². The molecule has 4 nitrogen and oxygen atoms in total. The van der Waals surface area contributed by atoms with Gasteiger partial charge in [-0.05, 0) is 24.3 Å². The summed E-state index contributed by atoms with van der Waals surface area (Å²) in [6.07, 6.45) is 0. The van der Waals surface area contributed by atoms with Crippen molar-refractivity contribution in [1.82, 2.24) is 0 Å². The predicted molar refractivity (Wildman–Crippen MR) is 478 cm³/mol. The van der Waals surface area contributed by atoms with E-state index in [-0.39, 0.29) is 0 Å². The molecule has 0 saturated heterocycles. The summed E-state index contributed by atoms with van der Waals surface area (Å²) in [4.78, 5) is 0. The Morgan fingerprint density at radius 3 is 0.490 bits per heavy atom. The molecule has 6 aromatic carbocycles. The standard InChI is InChI=1S/C86H144O4P2Si8/c1-27-93(28-2,29-3)73-57-69(58-74(65-73)94(30-4,31-5)32-6)91(87,70-59-75(95(33-7,34-8)35-9)66-76(60-70)96(36-10,37-11)38-12)83-55-51-53-81(89-25)85(83)86-82(90-26)54-52-56-84(86)92(88,71-61-77(97(39-13,40-14)41-15)67-78(62-71)98(42-16,43-17)44-18)72-63-79(99(45-19,46-20)47-21)68-80(64-72)100(48-22,49-23)50-24/h51-68H,27-50H2,1-26H3.